The fourth-order valence-electron chi connectivity index (χ4n) is 2.13. The Labute approximate surface area is 116 Å². The molecule has 1 heterocycles. The summed E-state index contributed by atoms with van der Waals surface area (Å²) < 4.78 is 12.5. The molecule has 0 unspecified atom stereocenters. The zero-order chi connectivity index (χ0) is 14.5. The highest BCUT2D eigenvalue weighted by Crippen LogP contribution is 2.22. The van der Waals surface area contributed by atoms with Crippen molar-refractivity contribution in [2.45, 2.75) is 19.3 Å². The fourth-order valence-corrected chi connectivity index (χ4v) is 2.13. The lowest BCUT2D eigenvalue weighted by atomic mass is 10.1. The number of nitriles is 1. The minimum Gasteiger partial charge on any atom is -0.274 e. The van der Waals surface area contributed by atoms with Crippen molar-refractivity contribution < 1.29 is 14.0 Å². The van der Waals surface area contributed by atoms with Crippen LogP contribution in [0, 0.1) is 11.3 Å². The van der Waals surface area contributed by atoms with Gasteiger partial charge in [0.1, 0.15) is 6.07 Å². The Kier molecular flexibility index (Phi) is 4.26. The number of nitrogens with zero attached hydrogens (tertiary/aromatic N) is 2. The van der Waals surface area contributed by atoms with Crippen LogP contribution in [0.15, 0.2) is 36.2 Å². The molecule has 1 aliphatic rings. The Balaban J connectivity index is 1.89. The van der Waals surface area contributed by atoms with E-state index in [0.717, 1.165) is 0 Å². The molecular formula is C15H13FN2O2. The molecule has 0 fully saturated rings. The Morgan fingerprint density at radius 1 is 1.20 bits per heavy atom. The van der Waals surface area contributed by atoms with Gasteiger partial charge in [-0.25, -0.2) is 0 Å². The van der Waals surface area contributed by atoms with E-state index in [1.54, 1.807) is 24.3 Å². The predicted molar refractivity (Wildman–Crippen MR) is 70.5 cm³/mol. The molecular weight excluding hydrogens is 259 g/mol. The SMILES string of the molecule is N#C/C(F)=C\CCCCN1C(=O)c2ccccc2C1=O. The molecule has 0 saturated carbocycles. The van der Waals surface area contributed by atoms with Gasteiger partial charge in [-0.05, 0) is 37.5 Å². The third-order valence-electron chi connectivity index (χ3n) is 3.14. The standard InChI is InChI=1S/C15H13FN2O2/c16-11(10-17)6-2-1-5-9-18-14(19)12-7-3-4-8-13(12)15(18)20/h3-4,6-8H,1-2,5,9H2/b11-6+. The van der Waals surface area contributed by atoms with Crippen LogP contribution in [0.1, 0.15) is 40.0 Å². The van der Waals surface area contributed by atoms with Gasteiger partial charge in [0.15, 0.2) is 5.83 Å². The van der Waals surface area contributed by atoms with Crippen molar-refractivity contribution in [1.29, 1.82) is 5.26 Å². The summed E-state index contributed by atoms with van der Waals surface area (Å²) in [5.41, 5.74) is 0.876. The Morgan fingerprint density at radius 3 is 2.35 bits per heavy atom. The number of unbranched alkanes of at least 4 members (excludes halogenated alkanes) is 2. The quantitative estimate of drug-likeness (QED) is 0.470. The number of hydrogen-bond acceptors (Lipinski definition) is 3. The first-order valence-electron chi connectivity index (χ1n) is 6.36. The van der Waals surface area contributed by atoms with Crippen LogP contribution < -0.4 is 0 Å². The number of benzene rings is 1. The lowest BCUT2D eigenvalue weighted by Crippen LogP contribution is -2.30. The van der Waals surface area contributed by atoms with Crippen molar-refractivity contribution >= 4 is 11.8 Å². The third kappa shape index (κ3) is 2.75. The first-order chi connectivity index (χ1) is 9.65. The van der Waals surface area contributed by atoms with Crippen molar-refractivity contribution in [3.05, 3.63) is 47.3 Å². The zero-order valence-electron chi connectivity index (χ0n) is 10.8. The lowest BCUT2D eigenvalue weighted by Gasteiger charge is -2.12. The number of rotatable bonds is 5. The van der Waals surface area contributed by atoms with Crippen molar-refractivity contribution in [3.8, 4) is 6.07 Å². The maximum absolute atomic E-state index is 12.5. The van der Waals surface area contributed by atoms with E-state index in [1.165, 1.54) is 17.0 Å². The summed E-state index contributed by atoms with van der Waals surface area (Å²) in [7, 11) is 0. The van der Waals surface area contributed by atoms with Crippen LogP contribution in [0.2, 0.25) is 0 Å². The van der Waals surface area contributed by atoms with Gasteiger partial charge in [0, 0.05) is 6.54 Å². The minimum absolute atomic E-state index is 0.274. The molecule has 0 atom stereocenters. The zero-order valence-corrected chi connectivity index (χ0v) is 10.8. The Bertz CT molecular complexity index is 582. The number of fused-ring (bicyclic) bond motifs is 1. The molecule has 2 rings (SSSR count). The monoisotopic (exact) mass is 272 g/mol. The molecule has 5 heteroatoms. The average molecular weight is 272 g/mol. The van der Waals surface area contributed by atoms with Gasteiger partial charge >= 0.3 is 0 Å². The van der Waals surface area contributed by atoms with Crippen LogP contribution in [0.3, 0.4) is 0 Å². The topological polar surface area (TPSA) is 61.2 Å². The molecule has 0 N–H and O–H groups in total. The second-order valence-corrected chi connectivity index (χ2v) is 4.47. The van der Waals surface area contributed by atoms with Crippen LogP contribution in [0.5, 0.6) is 0 Å². The molecule has 1 aliphatic heterocycles. The lowest BCUT2D eigenvalue weighted by molar-refractivity contribution is 0.0652. The van der Waals surface area contributed by atoms with Gasteiger partial charge < -0.3 is 0 Å². The summed E-state index contributed by atoms with van der Waals surface area (Å²) in [6, 6.07) is 8.13. The van der Waals surface area contributed by atoms with E-state index in [0.29, 0.717) is 36.9 Å². The van der Waals surface area contributed by atoms with Gasteiger partial charge in [0.05, 0.1) is 11.1 Å². The molecule has 0 spiro atoms. The average Bonchev–Trinajstić information content (AvgIpc) is 2.71. The largest absolute Gasteiger partial charge is 0.274 e. The summed E-state index contributed by atoms with van der Waals surface area (Å²) in [6.07, 6.45) is 2.83. The smallest absolute Gasteiger partial charge is 0.261 e. The summed E-state index contributed by atoms with van der Waals surface area (Å²) in [5, 5.41) is 8.24. The number of carbonyl (C=O) groups excluding carboxylic acids is 2. The summed E-state index contributed by atoms with van der Waals surface area (Å²) in [4.78, 5) is 25.2. The van der Waals surface area contributed by atoms with Crippen LogP contribution in [-0.2, 0) is 0 Å². The van der Waals surface area contributed by atoms with Crippen molar-refractivity contribution in [3.63, 3.8) is 0 Å². The van der Waals surface area contributed by atoms with E-state index in [2.05, 4.69) is 0 Å². The number of hydrogen-bond donors (Lipinski definition) is 0. The summed E-state index contributed by atoms with van der Waals surface area (Å²) in [6.45, 7) is 0.314. The highest BCUT2D eigenvalue weighted by Gasteiger charge is 2.34. The molecule has 0 radical (unpaired) electrons. The van der Waals surface area contributed by atoms with Crippen LogP contribution in [0.4, 0.5) is 4.39 Å². The van der Waals surface area contributed by atoms with Gasteiger partial charge in [0.25, 0.3) is 11.8 Å². The van der Waals surface area contributed by atoms with Crippen LogP contribution in [-0.4, -0.2) is 23.3 Å². The summed E-state index contributed by atoms with van der Waals surface area (Å²) >= 11 is 0. The molecule has 20 heavy (non-hydrogen) atoms. The van der Waals surface area contributed by atoms with Gasteiger partial charge in [0.2, 0.25) is 0 Å². The van der Waals surface area contributed by atoms with Crippen molar-refractivity contribution in [2.24, 2.45) is 0 Å². The van der Waals surface area contributed by atoms with Crippen LogP contribution in [0.25, 0.3) is 0 Å². The van der Waals surface area contributed by atoms with E-state index in [9.17, 15) is 14.0 Å². The maximum Gasteiger partial charge on any atom is 0.261 e. The Morgan fingerprint density at radius 2 is 1.80 bits per heavy atom. The van der Waals surface area contributed by atoms with E-state index in [1.807, 2.05) is 0 Å². The van der Waals surface area contributed by atoms with E-state index in [4.69, 9.17) is 5.26 Å². The van der Waals surface area contributed by atoms with Crippen molar-refractivity contribution in [2.75, 3.05) is 6.54 Å². The van der Waals surface area contributed by atoms with E-state index in [-0.39, 0.29) is 11.8 Å². The minimum atomic E-state index is -0.800. The van der Waals surface area contributed by atoms with Crippen LogP contribution >= 0.6 is 0 Å². The number of allylic oxidation sites excluding steroid dienone is 2. The fraction of sp³-hybridized carbons (Fsp3) is 0.267. The van der Waals surface area contributed by atoms with E-state index >= 15 is 0 Å². The molecule has 1 aromatic carbocycles. The molecule has 0 aliphatic carbocycles. The Hall–Kier alpha value is -2.48. The molecule has 1 aromatic rings. The molecule has 0 saturated heterocycles. The normalized spacial score (nSPS) is 14.4. The molecule has 0 aromatic heterocycles. The third-order valence-corrected chi connectivity index (χ3v) is 3.14. The first-order valence-corrected chi connectivity index (χ1v) is 6.36. The number of carbonyl (C=O) groups is 2. The second-order valence-electron chi connectivity index (χ2n) is 4.47. The summed E-state index contributed by atoms with van der Waals surface area (Å²) in [5.74, 6) is -1.35. The highest BCUT2D eigenvalue weighted by atomic mass is 19.1. The van der Waals surface area contributed by atoms with Gasteiger partial charge in [-0.3, -0.25) is 14.5 Å². The molecule has 0 bridgehead atoms. The molecule has 102 valence electrons. The van der Waals surface area contributed by atoms with Gasteiger partial charge in [-0.1, -0.05) is 12.1 Å². The van der Waals surface area contributed by atoms with Gasteiger partial charge in [-0.15, -0.1) is 0 Å². The number of imide groups is 1. The predicted octanol–water partition coefficient (Wildman–Crippen LogP) is 2.83. The number of amides is 2. The molecule has 2 amide bonds. The van der Waals surface area contributed by atoms with Crippen molar-refractivity contribution in [1.82, 2.24) is 4.90 Å². The highest BCUT2D eigenvalue weighted by molar-refractivity contribution is 6.21. The second kappa shape index (κ2) is 6.11. The first kappa shape index (κ1) is 13.9. The van der Waals surface area contributed by atoms with Gasteiger partial charge in [-0.2, -0.15) is 9.65 Å². The number of halogens is 1. The van der Waals surface area contributed by atoms with E-state index < -0.39 is 5.83 Å². The maximum atomic E-state index is 12.5. The molecule has 4 nitrogen and oxygen atoms in total.